The van der Waals surface area contributed by atoms with Gasteiger partial charge in [0.05, 0.1) is 11.8 Å². The van der Waals surface area contributed by atoms with Crippen molar-refractivity contribution in [1.82, 2.24) is 5.32 Å². The average Bonchev–Trinajstić information content (AvgIpc) is 2.57. The summed E-state index contributed by atoms with van der Waals surface area (Å²) in [4.78, 5) is 12.5. The summed E-state index contributed by atoms with van der Waals surface area (Å²) in [5.41, 5.74) is 0.529. The lowest BCUT2D eigenvalue weighted by Crippen LogP contribution is -2.25. The number of rotatable bonds is 8. The van der Waals surface area contributed by atoms with E-state index in [1.807, 2.05) is 6.92 Å². The Bertz CT molecular complexity index is 867. The quantitative estimate of drug-likeness (QED) is 0.659. The van der Waals surface area contributed by atoms with Crippen molar-refractivity contribution in [3.63, 3.8) is 0 Å². The maximum Gasteiger partial charge on any atom is 0.255 e. The number of sulfonamides is 1. The number of unbranched alkanes of at least 4 members (excludes halogenated alkanes) is 1. The average molecular weight is 397 g/mol. The number of benzene rings is 2. The second-order valence-corrected chi connectivity index (χ2v) is 7.94. The van der Waals surface area contributed by atoms with Gasteiger partial charge < -0.3 is 10.1 Å². The standard InChI is InChI=1S/C18H21ClN2O4S/c1-3-4-11-20-18(22)16-12-14(21-26(2,23)24)7-10-17(16)25-15-8-5-13(19)6-9-15/h5-10,12,21H,3-4,11H2,1-2H3,(H,20,22). The van der Waals surface area contributed by atoms with Gasteiger partial charge in [0.1, 0.15) is 11.5 Å². The zero-order valence-electron chi connectivity index (χ0n) is 14.6. The van der Waals surface area contributed by atoms with Crippen molar-refractivity contribution >= 4 is 33.2 Å². The van der Waals surface area contributed by atoms with Gasteiger partial charge >= 0.3 is 0 Å². The molecular formula is C18H21ClN2O4S. The summed E-state index contributed by atoms with van der Waals surface area (Å²) in [7, 11) is -3.45. The summed E-state index contributed by atoms with van der Waals surface area (Å²) in [6, 6.07) is 11.3. The highest BCUT2D eigenvalue weighted by Crippen LogP contribution is 2.29. The Morgan fingerprint density at radius 2 is 1.85 bits per heavy atom. The molecule has 0 aliphatic heterocycles. The molecule has 2 aromatic carbocycles. The Kier molecular flexibility index (Phi) is 6.88. The molecule has 0 aliphatic carbocycles. The minimum absolute atomic E-state index is 0.240. The number of anilines is 1. The number of hydrogen-bond donors (Lipinski definition) is 2. The summed E-state index contributed by atoms with van der Waals surface area (Å²) in [5.74, 6) is 0.501. The molecule has 0 radical (unpaired) electrons. The molecule has 140 valence electrons. The molecule has 1 amide bonds. The van der Waals surface area contributed by atoms with Gasteiger partial charge in [0.25, 0.3) is 5.91 Å². The van der Waals surface area contributed by atoms with Crippen LogP contribution in [0, 0.1) is 0 Å². The fraction of sp³-hybridized carbons (Fsp3) is 0.278. The maximum absolute atomic E-state index is 12.5. The lowest BCUT2D eigenvalue weighted by molar-refractivity contribution is 0.0951. The molecule has 2 aromatic rings. The summed E-state index contributed by atoms with van der Waals surface area (Å²) in [6.45, 7) is 2.55. The van der Waals surface area contributed by atoms with Gasteiger partial charge in [-0.05, 0) is 48.9 Å². The van der Waals surface area contributed by atoms with Crippen molar-refractivity contribution in [3.05, 3.63) is 53.1 Å². The van der Waals surface area contributed by atoms with E-state index in [0.29, 0.717) is 23.1 Å². The van der Waals surface area contributed by atoms with Gasteiger partial charge in [0.2, 0.25) is 10.0 Å². The van der Waals surface area contributed by atoms with Crippen molar-refractivity contribution in [3.8, 4) is 11.5 Å². The lowest BCUT2D eigenvalue weighted by atomic mass is 10.1. The molecular weight excluding hydrogens is 376 g/mol. The van der Waals surface area contributed by atoms with Crippen LogP contribution in [0.1, 0.15) is 30.1 Å². The number of carbonyl (C=O) groups is 1. The van der Waals surface area contributed by atoms with Crippen LogP contribution >= 0.6 is 11.6 Å². The molecule has 0 spiro atoms. The first-order chi connectivity index (χ1) is 12.3. The van der Waals surface area contributed by atoms with E-state index in [4.69, 9.17) is 16.3 Å². The Morgan fingerprint density at radius 1 is 1.15 bits per heavy atom. The summed E-state index contributed by atoms with van der Waals surface area (Å²) in [6.07, 6.45) is 2.84. The SMILES string of the molecule is CCCCNC(=O)c1cc(NS(C)(=O)=O)ccc1Oc1ccc(Cl)cc1. The predicted molar refractivity (Wildman–Crippen MR) is 104 cm³/mol. The molecule has 2 rings (SSSR count). The van der Waals surface area contributed by atoms with E-state index in [2.05, 4.69) is 10.0 Å². The van der Waals surface area contributed by atoms with Crippen LogP contribution < -0.4 is 14.8 Å². The third-order valence-electron chi connectivity index (χ3n) is 3.38. The third-order valence-corrected chi connectivity index (χ3v) is 4.24. The topological polar surface area (TPSA) is 84.5 Å². The maximum atomic E-state index is 12.5. The van der Waals surface area contributed by atoms with Crippen LogP contribution in [0.4, 0.5) is 5.69 Å². The molecule has 0 aromatic heterocycles. The Morgan fingerprint density at radius 3 is 2.46 bits per heavy atom. The fourth-order valence-electron chi connectivity index (χ4n) is 2.18. The van der Waals surface area contributed by atoms with Crippen molar-refractivity contribution in [2.24, 2.45) is 0 Å². The van der Waals surface area contributed by atoms with Gasteiger partial charge in [0.15, 0.2) is 0 Å². The molecule has 6 nitrogen and oxygen atoms in total. The van der Waals surface area contributed by atoms with Crippen molar-refractivity contribution in [1.29, 1.82) is 0 Å². The van der Waals surface area contributed by atoms with Crippen molar-refractivity contribution < 1.29 is 17.9 Å². The number of halogens is 1. The van der Waals surface area contributed by atoms with Gasteiger partial charge in [0, 0.05) is 17.3 Å². The minimum Gasteiger partial charge on any atom is -0.457 e. The highest BCUT2D eigenvalue weighted by atomic mass is 35.5. The Labute approximate surface area is 158 Å². The van der Waals surface area contributed by atoms with Crippen LogP contribution in [0.2, 0.25) is 5.02 Å². The largest absolute Gasteiger partial charge is 0.457 e. The molecule has 0 atom stereocenters. The highest BCUT2D eigenvalue weighted by molar-refractivity contribution is 7.92. The highest BCUT2D eigenvalue weighted by Gasteiger charge is 2.15. The lowest BCUT2D eigenvalue weighted by Gasteiger charge is -2.14. The van der Waals surface area contributed by atoms with E-state index in [1.165, 1.54) is 12.1 Å². The molecule has 2 N–H and O–H groups in total. The van der Waals surface area contributed by atoms with E-state index >= 15 is 0 Å². The van der Waals surface area contributed by atoms with Gasteiger partial charge in [-0.3, -0.25) is 9.52 Å². The van der Waals surface area contributed by atoms with Crippen LogP contribution in [0.3, 0.4) is 0 Å². The molecule has 0 unspecified atom stereocenters. The van der Waals surface area contributed by atoms with Crippen molar-refractivity contribution in [2.45, 2.75) is 19.8 Å². The summed E-state index contributed by atoms with van der Waals surface area (Å²) >= 11 is 5.86. The van der Waals surface area contributed by atoms with Crippen LogP contribution in [-0.4, -0.2) is 27.1 Å². The monoisotopic (exact) mass is 396 g/mol. The van der Waals surface area contributed by atoms with Crippen LogP contribution in [0.5, 0.6) is 11.5 Å². The fourth-order valence-corrected chi connectivity index (χ4v) is 2.86. The molecule has 0 saturated carbocycles. The van der Waals surface area contributed by atoms with E-state index in [0.717, 1.165) is 19.1 Å². The zero-order chi connectivity index (χ0) is 19.2. The molecule has 26 heavy (non-hydrogen) atoms. The zero-order valence-corrected chi connectivity index (χ0v) is 16.2. The first-order valence-electron chi connectivity index (χ1n) is 8.12. The third kappa shape index (κ3) is 6.24. The molecule has 8 heteroatoms. The number of nitrogens with one attached hydrogen (secondary N) is 2. The summed E-state index contributed by atoms with van der Waals surface area (Å²) < 4.78 is 31.0. The number of ether oxygens (including phenoxy) is 1. The second kappa shape index (κ2) is 8.91. The number of carbonyl (C=O) groups excluding carboxylic acids is 1. The normalized spacial score (nSPS) is 11.0. The molecule has 0 saturated heterocycles. The number of amides is 1. The Hall–Kier alpha value is -2.25. The van der Waals surface area contributed by atoms with E-state index in [9.17, 15) is 13.2 Å². The van der Waals surface area contributed by atoms with Crippen LogP contribution in [0.15, 0.2) is 42.5 Å². The van der Waals surface area contributed by atoms with Gasteiger partial charge in [-0.2, -0.15) is 0 Å². The minimum atomic E-state index is -3.45. The number of hydrogen-bond acceptors (Lipinski definition) is 4. The summed E-state index contributed by atoms with van der Waals surface area (Å²) in [5, 5.41) is 3.38. The second-order valence-electron chi connectivity index (χ2n) is 5.75. The molecule has 0 bridgehead atoms. The van der Waals surface area contributed by atoms with Gasteiger partial charge in [-0.25, -0.2) is 8.42 Å². The van der Waals surface area contributed by atoms with Crippen LogP contribution in [-0.2, 0) is 10.0 Å². The predicted octanol–water partition coefficient (Wildman–Crippen LogP) is 4.03. The molecule has 0 fully saturated rings. The van der Waals surface area contributed by atoms with E-state index < -0.39 is 10.0 Å². The van der Waals surface area contributed by atoms with E-state index in [-0.39, 0.29) is 17.2 Å². The van der Waals surface area contributed by atoms with Gasteiger partial charge in [-0.15, -0.1) is 0 Å². The first kappa shape index (κ1) is 20.1. The van der Waals surface area contributed by atoms with Gasteiger partial charge in [-0.1, -0.05) is 24.9 Å². The first-order valence-corrected chi connectivity index (χ1v) is 10.4. The van der Waals surface area contributed by atoms with E-state index in [1.54, 1.807) is 30.3 Å². The molecule has 0 aliphatic rings. The smallest absolute Gasteiger partial charge is 0.255 e. The Balaban J connectivity index is 2.32. The van der Waals surface area contributed by atoms with Crippen molar-refractivity contribution in [2.75, 3.05) is 17.5 Å². The molecule has 0 heterocycles. The van der Waals surface area contributed by atoms with Crippen LogP contribution in [0.25, 0.3) is 0 Å².